The molecule has 2 N–H and O–H groups in total. The van der Waals surface area contributed by atoms with Crippen molar-refractivity contribution in [1.82, 2.24) is 25.1 Å². The average molecular weight is 478 g/mol. The van der Waals surface area contributed by atoms with Crippen LogP contribution in [0.15, 0.2) is 17.4 Å². The maximum atomic E-state index is 4.44. The van der Waals surface area contributed by atoms with Gasteiger partial charge >= 0.3 is 0 Å². The van der Waals surface area contributed by atoms with Gasteiger partial charge in [-0.2, -0.15) is 0 Å². The Morgan fingerprint density at radius 2 is 1.81 bits per heavy atom. The standard InChI is InChI=1S/C19H38N6.HI/c1-15(2)14-24-12-10-21-18(24)13-23-19(20-7)22-9-8-11-25(16(3)4)17(5)6;/h10,12,15-17H,8-9,11,13-14H2,1-7H3,(H2,20,22,23);1H. The molecule has 0 bridgehead atoms. The van der Waals surface area contributed by atoms with E-state index in [1.165, 1.54) is 0 Å². The summed E-state index contributed by atoms with van der Waals surface area (Å²) in [7, 11) is 1.81. The quantitative estimate of drug-likeness (QED) is 0.235. The Balaban J connectivity index is 0.00000625. The SMILES string of the molecule is CN=C(NCCCN(C(C)C)C(C)C)NCc1nccn1CC(C)C.I. The largest absolute Gasteiger partial charge is 0.356 e. The van der Waals surface area contributed by atoms with Crippen molar-refractivity contribution in [3.8, 4) is 0 Å². The van der Waals surface area contributed by atoms with E-state index in [0.717, 1.165) is 37.8 Å². The van der Waals surface area contributed by atoms with Crippen LogP contribution in [0.4, 0.5) is 0 Å². The van der Waals surface area contributed by atoms with Gasteiger partial charge in [0.05, 0.1) is 6.54 Å². The number of nitrogens with one attached hydrogen (secondary N) is 2. The Kier molecular flexibility index (Phi) is 12.9. The predicted molar refractivity (Wildman–Crippen MR) is 122 cm³/mol. The first-order valence-electron chi connectivity index (χ1n) is 9.55. The smallest absolute Gasteiger partial charge is 0.191 e. The summed E-state index contributed by atoms with van der Waals surface area (Å²) in [4.78, 5) is 11.3. The average Bonchev–Trinajstić information content (AvgIpc) is 2.95. The Morgan fingerprint density at radius 1 is 1.15 bits per heavy atom. The molecule has 0 unspecified atom stereocenters. The summed E-state index contributed by atoms with van der Waals surface area (Å²) < 4.78 is 2.20. The lowest BCUT2D eigenvalue weighted by molar-refractivity contribution is 0.173. The third-order valence-corrected chi connectivity index (χ3v) is 4.21. The highest BCUT2D eigenvalue weighted by Gasteiger charge is 2.12. The van der Waals surface area contributed by atoms with E-state index >= 15 is 0 Å². The monoisotopic (exact) mass is 478 g/mol. The van der Waals surface area contributed by atoms with Crippen molar-refractivity contribution in [2.24, 2.45) is 10.9 Å². The molecule has 6 nitrogen and oxygen atoms in total. The van der Waals surface area contributed by atoms with Crippen LogP contribution in [0.5, 0.6) is 0 Å². The van der Waals surface area contributed by atoms with E-state index in [9.17, 15) is 0 Å². The third-order valence-electron chi connectivity index (χ3n) is 4.21. The topological polar surface area (TPSA) is 57.5 Å². The molecular weight excluding hydrogens is 439 g/mol. The van der Waals surface area contributed by atoms with E-state index in [0.29, 0.717) is 24.5 Å². The minimum atomic E-state index is 0. The highest BCUT2D eigenvalue weighted by atomic mass is 127. The Labute approximate surface area is 177 Å². The van der Waals surface area contributed by atoms with Crippen LogP contribution in [0, 0.1) is 5.92 Å². The maximum absolute atomic E-state index is 4.44. The summed E-state index contributed by atoms with van der Waals surface area (Å²) >= 11 is 0. The van der Waals surface area contributed by atoms with Gasteiger partial charge in [-0.1, -0.05) is 13.8 Å². The van der Waals surface area contributed by atoms with Gasteiger partial charge in [-0.15, -0.1) is 24.0 Å². The second-order valence-corrected chi connectivity index (χ2v) is 7.52. The molecule has 0 aliphatic carbocycles. The summed E-state index contributed by atoms with van der Waals surface area (Å²) in [5.41, 5.74) is 0. The molecule has 0 spiro atoms. The Morgan fingerprint density at radius 3 is 2.35 bits per heavy atom. The zero-order valence-electron chi connectivity index (χ0n) is 17.6. The highest BCUT2D eigenvalue weighted by Crippen LogP contribution is 2.05. The van der Waals surface area contributed by atoms with Crippen molar-refractivity contribution in [2.45, 2.75) is 73.1 Å². The van der Waals surface area contributed by atoms with Crippen molar-refractivity contribution in [3.63, 3.8) is 0 Å². The van der Waals surface area contributed by atoms with Crippen molar-refractivity contribution in [1.29, 1.82) is 0 Å². The molecule has 0 saturated heterocycles. The number of rotatable bonds is 10. The van der Waals surface area contributed by atoms with Gasteiger partial charge in [-0.25, -0.2) is 4.98 Å². The molecule has 0 saturated carbocycles. The minimum Gasteiger partial charge on any atom is -0.356 e. The number of nitrogens with zero attached hydrogens (tertiary/aromatic N) is 4. The van der Waals surface area contributed by atoms with Crippen molar-refractivity contribution >= 4 is 29.9 Å². The van der Waals surface area contributed by atoms with Crippen LogP contribution in [0.2, 0.25) is 0 Å². The molecule has 1 aromatic rings. The summed E-state index contributed by atoms with van der Waals surface area (Å²) in [5, 5.41) is 6.76. The molecule has 7 heteroatoms. The van der Waals surface area contributed by atoms with Gasteiger partial charge in [-0.05, 0) is 40.0 Å². The molecule has 152 valence electrons. The number of halogens is 1. The second-order valence-electron chi connectivity index (χ2n) is 7.52. The van der Waals surface area contributed by atoms with Gasteiger partial charge in [0.15, 0.2) is 5.96 Å². The Bertz CT molecular complexity index is 502. The van der Waals surface area contributed by atoms with E-state index in [1.54, 1.807) is 0 Å². The number of hydrogen-bond acceptors (Lipinski definition) is 3. The van der Waals surface area contributed by atoms with Gasteiger partial charge in [0.2, 0.25) is 0 Å². The van der Waals surface area contributed by atoms with Crippen LogP contribution in [0.3, 0.4) is 0 Å². The van der Waals surface area contributed by atoms with Crippen molar-refractivity contribution in [2.75, 3.05) is 20.1 Å². The van der Waals surface area contributed by atoms with Crippen LogP contribution < -0.4 is 10.6 Å². The highest BCUT2D eigenvalue weighted by molar-refractivity contribution is 14.0. The van der Waals surface area contributed by atoms with E-state index in [-0.39, 0.29) is 24.0 Å². The lowest BCUT2D eigenvalue weighted by Crippen LogP contribution is -2.41. The lowest BCUT2D eigenvalue weighted by atomic mass is 10.2. The van der Waals surface area contributed by atoms with Gasteiger partial charge in [-0.3, -0.25) is 9.89 Å². The minimum absolute atomic E-state index is 0. The molecule has 26 heavy (non-hydrogen) atoms. The van der Waals surface area contributed by atoms with Crippen LogP contribution in [0.25, 0.3) is 0 Å². The fraction of sp³-hybridized carbons (Fsp3) is 0.789. The van der Waals surface area contributed by atoms with Crippen molar-refractivity contribution in [3.05, 3.63) is 18.2 Å². The predicted octanol–water partition coefficient (Wildman–Crippen LogP) is 3.33. The lowest BCUT2D eigenvalue weighted by Gasteiger charge is -2.30. The molecule has 1 rings (SSSR count). The van der Waals surface area contributed by atoms with E-state index in [2.05, 4.69) is 71.6 Å². The summed E-state index contributed by atoms with van der Waals surface area (Å²) in [6.07, 6.45) is 5.00. The van der Waals surface area contributed by atoms with Gasteiger partial charge < -0.3 is 15.2 Å². The molecule has 1 aromatic heterocycles. The number of imidazole rings is 1. The number of hydrogen-bond donors (Lipinski definition) is 2. The molecule has 0 radical (unpaired) electrons. The van der Waals surface area contributed by atoms with Crippen LogP contribution in [-0.2, 0) is 13.1 Å². The number of guanidine groups is 1. The molecule has 0 fully saturated rings. The van der Waals surface area contributed by atoms with Crippen LogP contribution in [-0.4, -0.2) is 52.6 Å². The zero-order valence-corrected chi connectivity index (χ0v) is 19.9. The molecule has 0 aliphatic rings. The maximum Gasteiger partial charge on any atom is 0.191 e. The van der Waals surface area contributed by atoms with E-state index < -0.39 is 0 Å². The molecular formula is C19H39IN6. The first-order chi connectivity index (χ1) is 11.8. The fourth-order valence-electron chi connectivity index (χ4n) is 3.03. The zero-order chi connectivity index (χ0) is 18.8. The van der Waals surface area contributed by atoms with Crippen molar-refractivity contribution < 1.29 is 0 Å². The normalized spacial score (nSPS) is 12.2. The fourth-order valence-corrected chi connectivity index (χ4v) is 3.03. The molecule has 0 atom stereocenters. The summed E-state index contributed by atoms with van der Waals surface area (Å²) in [6.45, 7) is 17.1. The first-order valence-corrected chi connectivity index (χ1v) is 9.55. The summed E-state index contributed by atoms with van der Waals surface area (Å²) in [6, 6.07) is 1.16. The molecule has 1 heterocycles. The first kappa shape index (κ1) is 25.2. The Hall–Kier alpha value is -0.830. The molecule has 0 aromatic carbocycles. The van der Waals surface area contributed by atoms with Gasteiger partial charge in [0.1, 0.15) is 5.82 Å². The second kappa shape index (κ2) is 13.4. The third kappa shape index (κ3) is 9.21. The molecule has 0 aliphatic heterocycles. The number of aliphatic imine (C=N–C) groups is 1. The van der Waals surface area contributed by atoms with E-state index in [1.807, 2.05) is 19.4 Å². The van der Waals surface area contributed by atoms with Gasteiger partial charge in [0, 0.05) is 51.2 Å². The van der Waals surface area contributed by atoms with E-state index in [4.69, 9.17) is 0 Å². The van der Waals surface area contributed by atoms with Gasteiger partial charge in [0.25, 0.3) is 0 Å². The van der Waals surface area contributed by atoms with Crippen LogP contribution >= 0.6 is 24.0 Å². The van der Waals surface area contributed by atoms with Crippen LogP contribution in [0.1, 0.15) is 53.8 Å². The number of aromatic nitrogens is 2. The summed E-state index contributed by atoms with van der Waals surface area (Å²) in [5.74, 6) is 2.48. The molecule has 0 amide bonds.